The van der Waals surface area contributed by atoms with Crippen LogP contribution in [0, 0.1) is 0 Å². The first-order valence-electron chi connectivity index (χ1n) is 8.04. The Balaban J connectivity index is 2.28. The Hall–Kier alpha value is -0.960. The molecular weight excluding hydrogens is 404 g/mol. The van der Waals surface area contributed by atoms with Crippen LogP contribution < -0.4 is 10.6 Å². The summed E-state index contributed by atoms with van der Waals surface area (Å²) in [6, 6.07) is 0. The average molecular weight is 425 g/mol. The summed E-state index contributed by atoms with van der Waals surface area (Å²) < 4.78 is 2.39. The summed E-state index contributed by atoms with van der Waals surface area (Å²) in [5.41, 5.74) is 4.17. The van der Waals surface area contributed by atoms with Gasteiger partial charge in [0.25, 0.3) is 0 Å². The molecular formula is C18H20N2O2S4. The summed E-state index contributed by atoms with van der Waals surface area (Å²) in [7, 11) is 0. The highest BCUT2D eigenvalue weighted by Gasteiger charge is 2.35. The molecule has 0 spiro atoms. The van der Waals surface area contributed by atoms with Gasteiger partial charge in [0.1, 0.15) is 0 Å². The molecule has 26 heavy (non-hydrogen) atoms. The third-order valence-electron chi connectivity index (χ3n) is 3.52. The number of carbonyl (C=O) groups excluding carboxylic acids is 2. The highest BCUT2D eigenvalue weighted by Crippen LogP contribution is 2.66. The van der Waals surface area contributed by atoms with E-state index in [9.17, 15) is 9.59 Å². The van der Waals surface area contributed by atoms with Crippen molar-refractivity contribution in [2.24, 2.45) is 0 Å². The molecule has 2 aliphatic rings. The highest BCUT2D eigenvalue weighted by atomic mass is 32.2. The Morgan fingerprint density at radius 1 is 0.577 bits per heavy atom. The molecule has 1 aromatic rings. The molecule has 2 amide bonds. The zero-order valence-corrected chi connectivity index (χ0v) is 18.7. The van der Waals surface area contributed by atoms with Gasteiger partial charge in [-0.25, -0.2) is 0 Å². The molecule has 0 aliphatic carbocycles. The van der Waals surface area contributed by atoms with E-state index in [0.717, 1.165) is 31.0 Å². The quantitative estimate of drug-likeness (QED) is 0.528. The maximum Gasteiger partial charge on any atom is 0.221 e. The third kappa shape index (κ3) is 3.69. The van der Waals surface area contributed by atoms with Gasteiger partial charge in [0, 0.05) is 22.3 Å². The van der Waals surface area contributed by atoms with Crippen molar-refractivity contribution in [3.8, 4) is 0 Å². The summed E-state index contributed by atoms with van der Waals surface area (Å²) in [4.78, 5) is 27.8. The molecule has 0 radical (unpaired) electrons. The summed E-state index contributed by atoms with van der Waals surface area (Å²) in [5.74, 6) is -0.177. The number of thioether (sulfide) groups is 4. The van der Waals surface area contributed by atoms with Gasteiger partial charge in [0.05, 0.1) is 31.0 Å². The normalized spacial score (nSPS) is 14.8. The first-order valence-corrected chi connectivity index (χ1v) is 11.3. The molecule has 2 heterocycles. The third-order valence-corrected chi connectivity index (χ3v) is 9.60. The summed E-state index contributed by atoms with van der Waals surface area (Å²) in [5, 5.41) is 6.08. The van der Waals surface area contributed by atoms with Gasteiger partial charge in [-0.2, -0.15) is 0 Å². The Morgan fingerprint density at radius 3 is 1.04 bits per heavy atom. The Labute approximate surface area is 170 Å². The maximum absolute atomic E-state index is 11.9. The van der Waals surface area contributed by atoms with Gasteiger partial charge in [-0.3, -0.25) is 9.59 Å². The fourth-order valence-electron chi connectivity index (χ4n) is 2.45. The van der Waals surface area contributed by atoms with Crippen LogP contribution in [0.4, 0.5) is 11.4 Å². The summed E-state index contributed by atoms with van der Waals surface area (Å²) in [6.45, 7) is 11.4. The SMILES string of the molecule is CC(=O)Nc1c2c(c(NC(C)=O)c3c1SC(=C(C)C)S3)SC(=C(C)C)S2. The average Bonchev–Trinajstić information content (AvgIpc) is 3.14. The van der Waals surface area contributed by atoms with E-state index in [-0.39, 0.29) is 11.8 Å². The summed E-state index contributed by atoms with van der Waals surface area (Å²) in [6.07, 6.45) is 0. The second-order valence-corrected chi connectivity index (χ2v) is 11.0. The van der Waals surface area contributed by atoms with E-state index < -0.39 is 0 Å². The maximum atomic E-state index is 11.9. The number of nitrogens with one attached hydrogen (secondary N) is 2. The molecule has 0 unspecified atom stereocenters. The molecule has 138 valence electrons. The Morgan fingerprint density at radius 2 is 0.846 bits per heavy atom. The first kappa shape index (κ1) is 19.8. The van der Waals surface area contributed by atoms with Crippen molar-refractivity contribution in [3.63, 3.8) is 0 Å². The molecule has 0 saturated heterocycles. The van der Waals surface area contributed by atoms with Crippen LogP contribution in [0.1, 0.15) is 41.5 Å². The van der Waals surface area contributed by atoms with E-state index in [4.69, 9.17) is 0 Å². The lowest BCUT2D eigenvalue weighted by Crippen LogP contribution is -2.11. The number of anilines is 2. The van der Waals surface area contributed by atoms with E-state index in [1.54, 1.807) is 47.0 Å². The second kappa shape index (κ2) is 7.58. The van der Waals surface area contributed by atoms with Crippen LogP contribution in [0.2, 0.25) is 0 Å². The van der Waals surface area contributed by atoms with Crippen LogP contribution in [0.25, 0.3) is 0 Å². The molecule has 1 aromatic carbocycles. The van der Waals surface area contributed by atoms with E-state index >= 15 is 0 Å². The molecule has 2 N–H and O–H groups in total. The fourth-order valence-corrected chi connectivity index (χ4v) is 7.77. The molecule has 0 atom stereocenters. The lowest BCUT2D eigenvalue weighted by atomic mass is 10.2. The van der Waals surface area contributed by atoms with E-state index in [2.05, 4.69) is 38.3 Å². The van der Waals surface area contributed by atoms with Crippen molar-refractivity contribution in [1.29, 1.82) is 0 Å². The van der Waals surface area contributed by atoms with E-state index in [1.807, 2.05) is 0 Å². The van der Waals surface area contributed by atoms with Gasteiger partial charge in [-0.15, -0.1) is 0 Å². The number of hydrogen-bond donors (Lipinski definition) is 2. The van der Waals surface area contributed by atoms with Crippen LogP contribution >= 0.6 is 47.0 Å². The summed E-state index contributed by atoms with van der Waals surface area (Å²) >= 11 is 6.67. The predicted molar refractivity (Wildman–Crippen MR) is 115 cm³/mol. The van der Waals surface area contributed by atoms with Gasteiger partial charge in [0.15, 0.2) is 0 Å². The number of carbonyl (C=O) groups is 2. The van der Waals surface area contributed by atoms with Crippen molar-refractivity contribution in [1.82, 2.24) is 0 Å². The number of allylic oxidation sites excluding steroid dienone is 2. The standard InChI is InChI=1S/C18H20N2O2S4/c1-7(2)17-23-13-11(19-9(5)21)15-16(26-18(25-15)8(3)4)12(14(13)24-17)20-10(6)22/h1-6H3,(H,19,21)(H,20,22). The number of fused-ring (bicyclic) bond motifs is 2. The Bertz CT molecular complexity index is 781. The van der Waals surface area contributed by atoms with Crippen LogP contribution in [-0.2, 0) is 9.59 Å². The smallest absolute Gasteiger partial charge is 0.221 e. The minimum absolute atomic E-state index is 0.0887. The topological polar surface area (TPSA) is 58.2 Å². The number of hydrogen-bond acceptors (Lipinski definition) is 6. The molecule has 3 rings (SSSR count). The second-order valence-electron chi connectivity index (χ2n) is 6.41. The molecule has 8 heteroatoms. The molecule has 4 nitrogen and oxygen atoms in total. The lowest BCUT2D eigenvalue weighted by Gasteiger charge is -2.17. The molecule has 0 saturated carbocycles. The van der Waals surface area contributed by atoms with Gasteiger partial charge in [-0.05, 0) is 27.7 Å². The van der Waals surface area contributed by atoms with Crippen LogP contribution in [0.5, 0.6) is 0 Å². The van der Waals surface area contributed by atoms with E-state index in [0.29, 0.717) is 0 Å². The predicted octanol–water partition coefficient (Wildman–Crippen LogP) is 6.50. The van der Waals surface area contributed by atoms with Crippen LogP contribution in [-0.4, -0.2) is 11.8 Å². The van der Waals surface area contributed by atoms with Gasteiger partial charge in [0.2, 0.25) is 11.8 Å². The van der Waals surface area contributed by atoms with Crippen molar-refractivity contribution >= 4 is 70.2 Å². The monoisotopic (exact) mass is 424 g/mol. The van der Waals surface area contributed by atoms with Crippen molar-refractivity contribution in [2.75, 3.05) is 10.6 Å². The van der Waals surface area contributed by atoms with E-state index in [1.165, 1.54) is 33.5 Å². The van der Waals surface area contributed by atoms with Gasteiger partial charge >= 0.3 is 0 Å². The Kier molecular flexibility index (Phi) is 5.77. The van der Waals surface area contributed by atoms with Crippen molar-refractivity contribution in [2.45, 2.75) is 61.1 Å². The number of rotatable bonds is 2. The molecule has 0 fully saturated rings. The minimum Gasteiger partial charge on any atom is -0.324 e. The van der Waals surface area contributed by atoms with Gasteiger partial charge in [-0.1, -0.05) is 58.2 Å². The van der Waals surface area contributed by atoms with Crippen molar-refractivity contribution < 1.29 is 9.59 Å². The number of amides is 2. The van der Waals surface area contributed by atoms with Crippen LogP contribution in [0.15, 0.2) is 39.2 Å². The van der Waals surface area contributed by atoms with Crippen molar-refractivity contribution in [3.05, 3.63) is 19.6 Å². The minimum atomic E-state index is -0.0887. The number of benzene rings is 1. The fraction of sp³-hybridized carbons (Fsp3) is 0.333. The largest absolute Gasteiger partial charge is 0.324 e. The molecule has 0 aromatic heterocycles. The highest BCUT2D eigenvalue weighted by molar-refractivity contribution is 8.26. The first-order chi connectivity index (χ1) is 12.2. The van der Waals surface area contributed by atoms with Crippen LogP contribution in [0.3, 0.4) is 0 Å². The zero-order chi connectivity index (χ0) is 19.2. The lowest BCUT2D eigenvalue weighted by molar-refractivity contribution is -0.115. The van der Waals surface area contributed by atoms with Gasteiger partial charge < -0.3 is 10.6 Å². The zero-order valence-electron chi connectivity index (χ0n) is 15.4. The molecule has 2 aliphatic heterocycles. The molecule has 0 bridgehead atoms.